The topological polar surface area (TPSA) is 61.5 Å². The molecule has 4 nitrogen and oxygen atoms in total. The lowest BCUT2D eigenvalue weighted by Crippen LogP contribution is -2.00. The third-order valence-corrected chi connectivity index (χ3v) is 4.31. The monoisotopic (exact) mass is 291 g/mol. The van der Waals surface area contributed by atoms with Crippen LogP contribution in [0.25, 0.3) is 0 Å². The molecule has 0 saturated carbocycles. The van der Waals surface area contributed by atoms with Gasteiger partial charge >= 0.3 is 0 Å². The summed E-state index contributed by atoms with van der Waals surface area (Å²) >= 11 is 0. The van der Waals surface area contributed by atoms with Gasteiger partial charge < -0.3 is 15.2 Å². The molecule has 0 fully saturated rings. The maximum Gasteiger partial charge on any atom is 0.137 e. The Morgan fingerprint density at radius 2 is 1.75 bits per heavy atom. The number of nitrogen functional groups attached to an aromatic ring is 1. The van der Waals surface area contributed by atoms with Crippen molar-refractivity contribution in [3.8, 4) is 11.5 Å². The number of ether oxygens (including phenoxy) is 2. The molecular weight excluding hydrogens is 274 g/mol. The zero-order valence-electron chi connectivity index (χ0n) is 11.5. The van der Waals surface area contributed by atoms with Gasteiger partial charge in [-0.05, 0) is 29.8 Å². The lowest BCUT2D eigenvalue weighted by molar-refractivity contribution is 0.404. The van der Waals surface area contributed by atoms with Crippen LogP contribution in [0.1, 0.15) is 5.56 Å². The zero-order valence-corrected chi connectivity index (χ0v) is 12.3. The fourth-order valence-corrected chi connectivity index (χ4v) is 3.06. The molecule has 5 heteroatoms. The minimum Gasteiger partial charge on any atom is -0.497 e. The molecule has 1 unspecified atom stereocenters. The first kappa shape index (κ1) is 14.4. The lowest BCUT2D eigenvalue weighted by atomic mass is 10.2. The van der Waals surface area contributed by atoms with Gasteiger partial charge in [-0.3, -0.25) is 4.21 Å². The van der Waals surface area contributed by atoms with E-state index in [-0.39, 0.29) is 0 Å². The van der Waals surface area contributed by atoms with E-state index < -0.39 is 10.8 Å². The van der Waals surface area contributed by atoms with Gasteiger partial charge in [0.15, 0.2) is 0 Å². The number of hydrogen-bond acceptors (Lipinski definition) is 4. The minimum atomic E-state index is -1.18. The van der Waals surface area contributed by atoms with Crippen LogP contribution in [0.4, 0.5) is 5.69 Å². The predicted octanol–water partition coefficient (Wildman–Crippen LogP) is 2.59. The Balaban J connectivity index is 2.19. The van der Waals surface area contributed by atoms with Crippen molar-refractivity contribution in [2.75, 3.05) is 20.0 Å². The Labute approximate surface area is 121 Å². The smallest absolute Gasteiger partial charge is 0.137 e. The fourth-order valence-electron chi connectivity index (χ4n) is 1.82. The summed E-state index contributed by atoms with van der Waals surface area (Å²) in [5.41, 5.74) is 7.26. The number of nitrogens with two attached hydrogens (primary N) is 1. The highest BCUT2D eigenvalue weighted by Gasteiger charge is 2.11. The standard InChI is InChI=1S/C15H17NO3S/c1-18-13-6-3-11(4-7-13)10-20(17)15-8-5-12(16)9-14(15)19-2/h3-9H,10,16H2,1-2H3. The Morgan fingerprint density at radius 3 is 2.35 bits per heavy atom. The van der Waals surface area contributed by atoms with Gasteiger partial charge in [-0.1, -0.05) is 12.1 Å². The first-order chi connectivity index (χ1) is 9.63. The van der Waals surface area contributed by atoms with Gasteiger partial charge in [0.2, 0.25) is 0 Å². The largest absolute Gasteiger partial charge is 0.497 e. The molecule has 2 rings (SSSR count). The van der Waals surface area contributed by atoms with Crippen LogP contribution in [0.5, 0.6) is 11.5 Å². The predicted molar refractivity (Wildman–Crippen MR) is 80.5 cm³/mol. The van der Waals surface area contributed by atoms with Crippen LogP contribution in [0, 0.1) is 0 Å². The van der Waals surface area contributed by atoms with Crippen LogP contribution < -0.4 is 15.2 Å². The molecule has 0 bridgehead atoms. The van der Waals surface area contributed by atoms with Crippen LogP contribution in [0.2, 0.25) is 0 Å². The Morgan fingerprint density at radius 1 is 1.05 bits per heavy atom. The summed E-state index contributed by atoms with van der Waals surface area (Å²) in [4.78, 5) is 0.650. The highest BCUT2D eigenvalue weighted by molar-refractivity contribution is 7.84. The summed E-state index contributed by atoms with van der Waals surface area (Å²) in [6, 6.07) is 12.7. The summed E-state index contributed by atoms with van der Waals surface area (Å²) < 4.78 is 22.7. The van der Waals surface area contributed by atoms with Gasteiger partial charge in [0, 0.05) is 11.8 Å². The molecule has 0 aromatic heterocycles. The molecule has 20 heavy (non-hydrogen) atoms. The van der Waals surface area contributed by atoms with E-state index >= 15 is 0 Å². The maximum absolute atomic E-state index is 12.4. The van der Waals surface area contributed by atoms with Crippen LogP contribution in [-0.2, 0) is 16.6 Å². The van der Waals surface area contributed by atoms with Gasteiger partial charge in [-0.15, -0.1) is 0 Å². The summed E-state index contributed by atoms with van der Waals surface area (Å²) in [7, 11) is 1.98. The van der Waals surface area contributed by atoms with Crippen molar-refractivity contribution in [2.45, 2.75) is 10.6 Å². The molecular formula is C15H17NO3S. The van der Waals surface area contributed by atoms with Crippen LogP contribution in [0.3, 0.4) is 0 Å². The number of methoxy groups -OCH3 is 2. The summed E-state index contributed by atoms with van der Waals surface area (Å²) in [6.07, 6.45) is 0. The van der Waals surface area contributed by atoms with Gasteiger partial charge in [-0.25, -0.2) is 0 Å². The first-order valence-electron chi connectivity index (χ1n) is 6.09. The molecule has 0 aliphatic rings. The van der Waals surface area contributed by atoms with Crippen molar-refractivity contribution in [3.63, 3.8) is 0 Å². The second kappa shape index (κ2) is 6.43. The zero-order chi connectivity index (χ0) is 14.5. The van der Waals surface area contributed by atoms with E-state index in [9.17, 15) is 4.21 Å². The van der Waals surface area contributed by atoms with Crippen molar-refractivity contribution in [3.05, 3.63) is 48.0 Å². The first-order valence-corrected chi connectivity index (χ1v) is 7.40. The van der Waals surface area contributed by atoms with Crippen molar-refractivity contribution in [1.82, 2.24) is 0 Å². The van der Waals surface area contributed by atoms with Crippen molar-refractivity contribution in [1.29, 1.82) is 0 Å². The highest BCUT2D eigenvalue weighted by Crippen LogP contribution is 2.26. The number of benzene rings is 2. The number of rotatable bonds is 5. The van der Waals surface area contributed by atoms with E-state index in [1.807, 2.05) is 24.3 Å². The lowest BCUT2D eigenvalue weighted by Gasteiger charge is -2.09. The fraction of sp³-hybridized carbons (Fsp3) is 0.200. The minimum absolute atomic E-state index is 0.421. The van der Waals surface area contributed by atoms with E-state index in [4.69, 9.17) is 15.2 Å². The third kappa shape index (κ3) is 3.30. The molecule has 0 aliphatic heterocycles. The van der Waals surface area contributed by atoms with Crippen molar-refractivity contribution < 1.29 is 13.7 Å². The van der Waals surface area contributed by atoms with Crippen molar-refractivity contribution in [2.24, 2.45) is 0 Å². The summed E-state index contributed by atoms with van der Waals surface area (Å²) in [6.45, 7) is 0. The van der Waals surface area contributed by atoms with E-state index in [1.165, 1.54) is 0 Å². The van der Waals surface area contributed by atoms with E-state index in [2.05, 4.69) is 0 Å². The van der Waals surface area contributed by atoms with E-state index in [0.29, 0.717) is 22.1 Å². The number of anilines is 1. The molecule has 1 atom stereocenters. The average molecular weight is 291 g/mol. The SMILES string of the molecule is COc1ccc(CS(=O)c2ccc(N)cc2OC)cc1. The van der Waals surface area contributed by atoms with Gasteiger partial charge in [-0.2, -0.15) is 0 Å². The van der Waals surface area contributed by atoms with Gasteiger partial charge in [0.05, 0.1) is 35.7 Å². The molecule has 0 aliphatic carbocycles. The molecule has 0 heterocycles. The van der Waals surface area contributed by atoms with Crippen LogP contribution in [-0.4, -0.2) is 18.4 Å². The molecule has 2 N–H and O–H groups in total. The maximum atomic E-state index is 12.4. The Bertz CT molecular complexity index is 611. The van der Waals surface area contributed by atoms with E-state index in [0.717, 1.165) is 11.3 Å². The summed E-state index contributed by atoms with van der Waals surface area (Å²) in [5, 5.41) is 0. The normalized spacial score (nSPS) is 11.9. The quantitative estimate of drug-likeness (QED) is 0.860. The Kier molecular flexibility index (Phi) is 4.63. The van der Waals surface area contributed by atoms with Gasteiger partial charge in [0.25, 0.3) is 0 Å². The number of hydrogen-bond donors (Lipinski definition) is 1. The Hall–Kier alpha value is -2.01. The van der Waals surface area contributed by atoms with E-state index in [1.54, 1.807) is 32.4 Å². The molecule has 0 amide bonds. The van der Waals surface area contributed by atoms with Crippen molar-refractivity contribution >= 4 is 16.5 Å². The third-order valence-electron chi connectivity index (χ3n) is 2.89. The molecule has 2 aromatic carbocycles. The van der Waals surface area contributed by atoms with Crippen LogP contribution in [0.15, 0.2) is 47.4 Å². The molecule has 2 aromatic rings. The second-order valence-corrected chi connectivity index (χ2v) is 5.67. The average Bonchev–Trinajstić information content (AvgIpc) is 2.47. The van der Waals surface area contributed by atoms with Crippen LogP contribution >= 0.6 is 0 Å². The molecule has 0 radical (unpaired) electrons. The second-order valence-electron chi connectivity index (χ2n) is 4.25. The highest BCUT2D eigenvalue weighted by atomic mass is 32.2. The molecule has 0 saturated heterocycles. The molecule has 106 valence electrons. The molecule has 0 spiro atoms. The van der Waals surface area contributed by atoms with Gasteiger partial charge in [0.1, 0.15) is 11.5 Å². The summed E-state index contributed by atoms with van der Waals surface area (Å²) in [5.74, 6) is 1.76.